The lowest BCUT2D eigenvalue weighted by Gasteiger charge is -2.10. The number of benzene rings is 2. The first-order chi connectivity index (χ1) is 10.3. The SMILES string of the molecule is COc1ccc(C(=O)Nc2cccc(C(F)(F)F)c2)cc1F. The van der Waals surface area contributed by atoms with Crippen molar-refractivity contribution in [2.45, 2.75) is 6.18 Å². The van der Waals surface area contributed by atoms with Gasteiger partial charge in [-0.15, -0.1) is 0 Å². The Morgan fingerprint density at radius 3 is 2.45 bits per heavy atom. The molecule has 0 aromatic heterocycles. The van der Waals surface area contributed by atoms with Gasteiger partial charge in [0.2, 0.25) is 0 Å². The van der Waals surface area contributed by atoms with Gasteiger partial charge in [-0.1, -0.05) is 6.07 Å². The maximum Gasteiger partial charge on any atom is 0.416 e. The number of hydrogen-bond donors (Lipinski definition) is 1. The van der Waals surface area contributed by atoms with E-state index >= 15 is 0 Å². The molecular formula is C15H11F4NO2. The molecule has 2 rings (SSSR count). The summed E-state index contributed by atoms with van der Waals surface area (Å²) in [5.74, 6) is -1.49. The number of anilines is 1. The van der Waals surface area contributed by atoms with Gasteiger partial charge in [0.1, 0.15) is 0 Å². The molecule has 0 saturated heterocycles. The number of halogens is 4. The molecule has 1 amide bonds. The van der Waals surface area contributed by atoms with E-state index in [2.05, 4.69) is 5.32 Å². The highest BCUT2D eigenvalue weighted by Gasteiger charge is 2.30. The predicted octanol–water partition coefficient (Wildman–Crippen LogP) is 4.11. The predicted molar refractivity (Wildman–Crippen MR) is 72.3 cm³/mol. The number of ether oxygens (including phenoxy) is 1. The average Bonchev–Trinajstić information content (AvgIpc) is 2.46. The number of hydrogen-bond acceptors (Lipinski definition) is 2. The summed E-state index contributed by atoms with van der Waals surface area (Å²) < 4.78 is 56.0. The maximum atomic E-state index is 13.5. The molecule has 0 bridgehead atoms. The molecular weight excluding hydrogens is 302 g/mol. The summed E-state index contributed by atoms with van der Waals surface area (Å²) in [6.07, 6.45) is -4.51. The third kappa shape index (κ3) is 3.55. The quantitative estimate of drug-likeness (QED) is 0.866. The zero-order valence-electron chi connectivity index (χ0n) is 11.4. The fourth-order valence-electron chi connectivity index (χ4n) is 1.78. The second kappa shape index (κ2) is 6.05. The van der Waals surface area contributed by atoms with Crippen molar-refractivity contribution in [3.05, 3.63) is 59.4 Å². The summed E-state index contributed by atoms with van der Waals surface area (Å²) in [7, 11) is 1.28. The van der Waals surface area contributed by atoms with Crippen molar-refractivity contribution in [3.63, 3.8) is 0 Å². The third-order valence-electron chi connectivity index (χ3n) is 2.86. The second-order valence-corrected chi connectivity index (χ2v) is 4.38. The maximum absolute atomic E-state index is 13.5. The molecule has 2 aromatic rings. The molecule has 0 saturated carbocycles. The number of carbonyl (C=O) groups excluding carboxylic acids is 1. The number of rotatable bonds is 3. The Morgan fingerprint density at radius 1 is 1.14 bits per heavy atom. The second-order valence-electron chi connectivity index (χ2n) is 4.38. The molecule has 1 N–H and O–H groups in total. The van der Waals surface area contributed by atoms with Crippen molar-refractivity contribution in [3.8, 4) is 5.75 Å². The smallest absolute Gasteiger partial charge is 0.416 e. The Hall–Kier alpha value is -2.57. The van der Waals surface area contributed by atoms with E-state index < -0.39 is 23.5 Å². The monoisotopic (exact) mass is 313 g/mol. The molecule has 22 heavy (non-hydrogen) atoms. The summed E-state index contributed by atoms with van der Waals surface area (Å²) in [5.41, 5.74) is -0.946. The van der Waals surface area contributed by atoms with Crippen LogP contribution in [0.4, 0.5) is 23.2 Å². The molecule has 3 nitrogen and oxygen atoms in total. The normalized spacial score (nSPS) is 11.1. The lowest BCUT2D eigenvalue weighted by molar-refractivity contribution is -0.137. The van der Waals surface area contributed by atoms with Crippen LogP contribution in [0.15, 0.2) is 42.5 Å². The largest absolute Gasteiger partial charge is 0.494 e. The van der Waals surface area contributed by atoms with Crippen LogP contribution in [0.1, 0.15) is 15.9 Å². The van der Waals surface area contributed by atoms with E-state index in [9.17, 15) is 22.4 Å². The first kappa shape index (κ1) is 15.8. The van der Waals surface area contributed by atoms with Gasteiger partial charge in [0.25, 0.3) is 5.91 Å². The van der Waals surface area contributed by atoms with Gasteiger partial charge in [0, 0.05) is 11.3 Å². The van der Waals surface area contributed by atoms with Crippen LogP contribution in [-0.2, 0) is 6.18 Å². The topological polar surface area (TPSA) is 38.3 Å². The number of carbonyl (C=O) groups is 1. The summed E-state index contributed by atoms with van der Waals surface area (Å²) in [6.45, 7) is 0. The standard InChI is InChI=1S/C15H11F4NO2/c1-22-13-6-5-9(7-12(13)16)14(21)20-11-4-2-3-10(8-11)15(17,18)19/h2-8H,1H3,(H,20,21). The Morgan fingerprint density at radius 2 is 1.86 bits per heavy atom. The Labute approximate surface area is 123 Å². The average molecular weight is 313 g/mol. The molecule has 2 aromatic carbocycles. The third-order valence-corrected chi connectivity index (χ3v) is 2.86. The van der Waals surface area contributed by atoms with Crippen molar-refractivity contribution in [2.24, 2.45) is 0 Å². The van der Waals surface area contributed by atoms with Gasteiger partial charge in [0.15, 0.2) is 11.6 Å². The van der Waals surface area contributed by atoms with Crippen molar-refractivity contribution < 1.29 is 27.1 Å². The van der Waals surface area contributed by atoms with E-state index in [1.807, 2.05) is 0 Å². The van der Waals surface area contributed by atoms with Crippen LogP contribution in [0.2, 0.25) is 0 Å². The van der Waals surface area contributed by atoms with Gasteiger partial charge in [-0.2, -0.15) is 13.2 Å². The fourth-order valence-corrected chi connectivity index (χ4v) is 1.78. The summed E-state index contributed by atoms with van der Waals surface area (Å²) >= 11 is 0. The van der Waals surface area contributed by atoms with Crippen LogP contribution in [-0.4, -0.2) is 13.0 Å². The molecule has 0 fully saturated rings. The molecule has 0 heterocycles. The van der Waals surface area contributed by atoms with Crippen LogP contribution in [0.5, 0.6) is 5.75 Å². The van der Waals surface area contributed by atoms with E-state index in [1.165, 1.54) is 31.4 Å². The lowest BCUT2D eigenvalue weighted by Crippen LogP contribution is -2.13. The number of methoxy groups -OCH3 is 1. The van der Waals surface area contributed by atoms with E-state index in [4.69, 9.17) is 4.74 Å². The summed E-state index contributed by atoms with van der Waals surface area (Å²) in [4.78, 5) is 11.9. The van der Waals surface area contributed by atoms with Crippen LogP contribution < -0.4 is 10.1 Å². The number of alkyl halides is 3. The van der Waals surface area contributed by atoms with Gasteiger partial charge in [-0.3, -0.25) is 4.79 Å². The molecule has 0 aliphatic heterocycles. The van der Waals surface area contributed by atoms with E-state index in [0.29, 0.717) is 0 Å². The molecule has 7 heteroatoms. The molecule has 0 aliphatic carbocycles. The first-order valence-electron chi connectivity index (χ1n) is 6.13. The van der Waals surface area contributed by atoms with Crippen LogP contribution in [0.25, 0.3) is 0 Å². The highest BCUT2D eigenvalue weighted by atomic mass is 19.4. The van der Waals surface area contributed by atoms with Gasteiger partial charge in [-0.25, -0.2) is 4.39 Å². The van der Waals surface area contributed by atoms with Crippen molar-refractivity contribution in [1.82, 2.24) is 0 Å². The zero-order chi connectivity index (χ0) is 16.3. The van der Waals surface area contributed by atoms with Crippen molar-refractivity contribution >= 4 is 11.6 Å². The first-order valence-corrected chi connectivity index (χ1v) is 6.13. The van der Waals surface area contributed by atoms with Gasteiger partial charge in [0.05, 0.1) is 12.7 Å². The minimum atomic E-state index is -4.51. The molecule has 0 radical (unpaired) electrons. The molecule has 0 unspecified atom stereocenters. The molecule has 0 atom stereocenters. The highest BCUT2D eigenvalue weighted by Crippen LogP contribution is 2.30. The highest BCUT2D eigenvalue weighted by molar-refractivity contribution is 6.04. The number of nitrogens with one attached hydrogen (secondary N) is 1. The van der Waals surface area contributed by atoms with E-state index in [0.717, 1.165) is 18.2 Å². The summed E-state index contributed by atoms with van der Waals surface area (Å²) in [5, 5.41) is 2.29. The summed E-state index contributed by atoms with van der Waals surface area (Å²) in [6, 6.07) is 7.70. The van der Waals surface area contributed by atoms with Crippen molar-refractivity contribution in [1.29, 1.82) is 0 Å². The van der Waals surface area contributed by atoms with Crippen LogP contribution in [0, 0.1) is 5.82 Å². The Kier molecular flexibility index (Phi) is 4.35. The van der Waals surface area contributed by atoms with E-state index in [-0.39, 0.29) is 17.0 Å². The zero-order valence-corrected chi connectivity index (χ0v) is 11.4. The van der Waals surface area contributed by atoms with E-state index in [1.54, 1.807) is 0 Å². The Bertz CT molecular complexity index is 698. The van der Waals surface area contributed by atoms with Gasteiger partial charge < -0.3 is 10.1 Å². The van der Waals surface area contributed by atoms with Crippen LogP contribution in [0.3, 0.4) is 0 Å². The Balaban J connectivity index is 2.20. The lowest BCUT2D eigenvalue weighted by atomic mass is 10.1. The van der Waals surface area contributed by atoms with Crippen molar-refractivity contribution in [2.75, 3.05) is 12.4 Å². The minimum absolute atomic E-state index is 0.0314. The van der Waals surface area contributed by atoms with Gasteiger partial charge in [-0.05, 0) is 36.4 Å². The fraction of sp³-hybridized carbons (Fsp3) is 0.133. The minimum Gasteiger partial charge on any atom is -0.494 e. The number of amides is 1. The molecule has 116 valence electrons. The molecule has 0 spiro atoms. The molecule has 0 aliphatic rings. The van der Waals surface area contributed by atoms with Gasteiger partial charge >= 0.3 is 6.18 Å². The van der Waals surface area contributed by atoms with Crippen LogP contribution >= 0.6 is 0 Å².